The maximum atomic E-state index is 6.15. The van der Waals surface area contributed by atoms with Crippen molar-refractivity contribution >= 4 is 11.8 Å². The van der Waals surface area contributed by atoms with Crippen molar-refractivity contribution in [2.45, 2.75) is 37.0 Å². The molecule has 4 nitrogen and oxygen atoms in total. The van der Waals surface area contributed by atoms with Crippen molar-refractivity contribution in [3.8, 4) is 0 Å². The molecular weight excluding hydrogens is 270 g/mol. The lowest BCUT2D eigenvalue weighted by molar-refractivity contribution is 0.345. The fourth-order valence-corrected chi connectivity index (χ4v) is 3.60. The van der Waals surface area contributed by atoms with Gasteiger partial charge < -0.3 is 10.3 Å². The van der Waals surface area contributed by atoms with Gasteiger partial charge in [-0.1, -0.05) is 35.5 Å². The Balaban J connectivity index is 1.58. The molecule has 2 atom stereocenters. The average Bonchev–Trinajstić information content (AvgIpc) is 3.16. The Morgan fingerprint density at radius 2 is 2.20 bits per heavy atom. The number of thioether (sulfide) groups is 1. The molecule has 1 unspecified atom stereocenters. The molecule has 20 heavy (non-hydrogen) atoms. The van der Waals surface area contributed by atoms with Crippen LogP contribution in [0.25, 0.3) is 0 Å². The summed E-state index contributed by atoms with van der Waals surface area (Å²) >= 11 is 1.90. The van der Waals surface area contributed by atoms with Gasteiger partial charge in [0.25, 0.3) is 0 Å². The highest BCUT2D eigenvalue weighted by Gasteiger charge is 2.24. The molecule has 0 saturated carbocycles. The van der Waals surface area contributed by atoms with Crippen molar-refractivity contribution in [1.82, 2.24) is 10.1 Å². The lowest BCUT2D eigenvalue weighted by Gasteiger charge is -2.06. The van der Waals surface area contributed by atoms with Crippen molar-refractivity contribution in [2.75, 3.05) is 5.75 Å². The highest BCUT2D eigenvalue weighted by atomic mass is 32.2. The lowest BCUT2D eigenvalue weighted by Crippen LogP contribution is -2.12. The predicted octanol–water partition coefficient (Wildman–Crippen LogP) is 3.27. The van der Waals surface area contributed by atoms with Crippen molar-refractivity contribution in [2.24, 2.45) is 5.73 Å². The topological polar surface area (TPSA) is 64.9 Å². The summed E-state index contributed by atoms with van der Waals surface area (Å²) in [5.41, 5.74) is 7.44. The standard InChI is InChI=1S/C15H19N3OS/c16-12(9-8-11-5-2-1-3-6-11)15-17-14(18-19-15)13-7-4-10-20-13/h1-3,5-6,12-13H,4,7-10,16H2/t12-,13?/m0/s1. The fourth-order valence-electron chi connectivity index (χ4n) is 2.40. The predicted molar refractivity (Wildman–Crippen MR) is 80.4 cm³/mol. The number of hydrogen-bond acceptors (Lipinski definition) is 5. The third-order valence-electron chi connectivity index (χ3n) is 3.58. The van der Waals surface area contributed by atoms with Gasteiger partial charge in [-0.2, -0.15) is 16.7 Å². The van der Waals surface area contributed by atoms with E-state index in [0.29, 0.717) is 11.1 Å². The molecule has 2 heterocycles. The minimum Gasteiger partial charge on any atom is -0.338 e. The van der Waals surface area contributed by atoms with Crippen LogP contribution in [0.1, 0.15) is 47.8 Å². The largest absolute Gasteiger partial charge is 0.338 e. The zero-order valence-corrected chi connectivity index (χ0v) is 12.2. The van der Waals surface area contributed by atoms with E-state index >= 15 is 0 Å². The van der Waals surface area contributed by atoms with Crippen LogP contribution in [-0.2, 0) is 6.42 Å². The third-order valence-corrected chi connectivity index (χ3v) is 4.95. The van der Waals surface area contributed by atoms with Crippen LogP contribution >= 0.6 is 11.8 Å². The lowest BCUT2D eigenvalue weighted by atomic mass is 10.1. The van der Waals surface area contributed by atoms with Crippen molar-refractivity contribution in [1.29, 1.82) is 0 Å². The Morgan fingerprint density at radius 1 is 1.35 bits per heavy atom. The van der Waals surface area contributed by atoms with Gasteiger partial charge in [0.1, 0.15) is 0 Å². The summed E-state index contributed by atoms with van der Waals surface area (Å²) in [7, 11) is 0. The monoisotopic (exact) mass is 289 g/mol. The molecular formula is C15H19N3OS. The van der Waals surface area contributed by atoms with Gasteiger partial charge >= 0.3 is 0 Å². The zero-order valence-electron chi connectivity index (χ0n) is 11.4. The number of rotatable bonds is 5. The smallest absolute Gasteiger partial charge is 0.243 e. The van der Waals surface area contributed by atoms with Gasteiger partial charge in [-0.25, -0.2) is 0 Å². The fraction of sp³-hybridized carbons (Fsp3) is 0.467. The summed E-state index contributed by atoms with van der Waals surface area (Å²) < 4.78 is 5.33. The SMILES string of the molecule is N[C@@H](CCc1ccccc1)c1nc(C2CCCS2)no1. The summed E-state index contributed by atoms with van der Waals surface area (Å²) in [6.45, 7) is 0. The second kappa shape index (κ2) is 6.41. The summed E-state index contributed by atoms with van der Waals surface area (Å²) in [5, 5.41) is 4.48. The van der Waals surface area contributed by atoms with E-state index in [4.69, 9.17) is 10.3 Å². The summed E-state index contributed by atoms with van der Waals surface area (Å²) in [4.78, 5) is 4.48. The van der Waals surface area contributed by atoms with Crippen LogP contribution in [0, 0.1) is 0 Å². The van der Waals surface area contributed by atoms with E-state index in [2.05, 4.69) is 22.3 Å². The highest BCUT2D eigenvalue weighted by Crippen LogP contribution is 2.38. The molecule has 0 amide bonds. The van der Waals surface area contributed by atoms with Crippen LogP contribution in [0.5, 0.6) is 0 Å². The van der Waals surface area contributed by atoms with E-state index in [-0.39, 0.29) is 6.04 Å². The number of nitrogens with two attached hydrogens (primary N) is 1. The molecule has 0 aliphatic carbocycles. The summed E-state index contributed by atoms with van der Waals surface area (Å²) in [6, 6.07) is 10.2. The molecule has 2 N–H and O–H groups in total. The number of benzene rings is 1. The normalized spacial score (nSPS) is 20.1. The molecule has 2 aromatic rings. The van der Waals surface area contributed by atoms with Gasteiger partial charge in [-0.3, -0.25) is 0 Å². The van der Waals surface area contributed by atoms with Gasteiger partial charge in [-0.15, -0.1) is 0 Å². The van der Waals surface area contributed by atoms with Gasteiger partial charge in [0.2, 0.25) is 5.89 Å². The van der Waals surface area contributed by atoms with Crippen LogP contribution in [0.15, 0.2) is 34.9 Å². The van der Waals surface area contributed by atoms with Crippen molar-refractivity contribution in [3.63, 3.8) is 0 Å². The van der Waals surface area contributed by atoms with Crippen LogP contribution in [0.4, 0.5) is 0 Å². The molecule has 1 saturated heterocycles. The summed E-state index contributed by atoms with van der Waals surface area (Å²) in [5.74, 6) is 2.58. The molecule has 1 fully saturated rings. The van der Waals surface area contributed by atoms with Crippen LogP contribution < -0.4 is 5.73 Å². The molecule has 1 aliphatic heterocycles. The van der Waals surface area contributed by atoms with Gasteiger partial charge in [0.05, 0.1) is 11.3 Å². The molecule has 0 bridgehead atoms. The molecule has 0 spiro atoms. The molecule has 3 rings (SSSR count). The number of aryl methyl sites for hydroxylation is 1. The molecule has 1 aliphatic rings. The highest BCUT2D eigenvalue weighted by molar-refractivity contribution is 7.99. The average molecular weight is 289 g/mol. The maximum Gasteiger partial charge on any atom is 0.243 e. The maximum absolute atomic E-state index is 6.15. The first-order chi connectivity index (χ1) is 9.83. The van der Waals surface area contributed by atoms with E-state index in [1.54, 1.807) is 0 Å². The third kappa shape index (κ3) is 3.22. The number of hydrogen-bond donors (Lipinski definition) is 1. The Hall–Kier alpha value is -1.33. The van der Waals surface area contributed by atoms with Crippen LogP contribution in [0.3, 0.4) is 0 Å². The van der Waals surface area contributed by atoms with E-state index in [9.17, 15) is 0 Å². The molecule has 5 heteroatoms. The second-order valence-electron chi connectivity index (χ2n) is 5.12. The zero-order chi connectivity index (χ0) is 13.8. The molecule has 0 radical (unpaired) electrons. The number of aromatic nitrogens is 2. The number of nitrogens with zero attached hydrogens (tertiary/aromatic N) is 2. The Morgan fingerprint density at radius 3 is 2.95 bits per heavy atom. The minimum absolute atomic E-state index is 0.178. The minimum atomic E-state index is -0.178. The van der Waals surface area contributed by atoms with E-state index in [0.717, 1.165) is 25.1 Å². The Bertz CT molecular complexity index is 537. The molecule has 106 valence electrons. The Kier molecular flexibility index (Phi) is 4.38. The van der Waals surface area contributed by atoms with Gasteiger partial charge in [0, 0.05) is 0 Å². The van der Waals surface area contributed by atoms with E-state index < -0.39 is 0 Å². The van der Waals surface area contributed by atoms with Gasteiger partial charge in [0.15, 0.2) is 5.82 Å². The summed E-state index contributed by atoms with van der Waals surface area (Å²) in [6.07, 6.45) is 4.13. The first-order valence-corrected chi connectivity index (χ1v) is 8.12. The van der Waals surface area contributed by atoms with Crippen LogP contribution in [-0.4, -0.2) is 15.9 Å². The van der Waals surface area contributed by atoms with Crippen LogP contribution in [0.2, 0.25) is 0 Å². The van der Waals surface area contributed by atoms with Crippen molar-refractivity contribution in [3.05, 3.63) is 47.6 Å². The quantitative estimate of drug-likeness (QED) is 0.915. The first-order valence-electron chi connectivity index (χ1n) is 7.07. The molecule has 1 aromatic heterocycles. The molecule has 1 aromatic carbocycles. The van der Waals surface area contributed by atoms with Gasteiger partial charge in [-0.05, 0) is 37.0 Å². The first kappa shape index (κ1) is 13.6. The van der Waals surface area contributed by atoms with E-state index in [1.165, 1.54) is 17.7 Å². The van der Waals surface area contributed by atoms with Crippen molar-refractivity contribution < 1.29 is 4.52 Å². The van der Waals surface area contributed by atoms with E-state index in [1.807, 2.05) is 30.0 Å². The second-order valence-corrected chi connectivity index (χ2v) is 6.43. The Labute approximate surface area is 123 Å².